The molecular formula is C17H25N. The van der Waals surface area contributed by atoms with Crippen molar-refractivity contribution < 1.29 is 0 Å². The van der Waals surface area contributed by atoms with Crippen LogP contribution in [0.1, 0.15) is 77.0 Å². The molecule has 0 aromatic carbocycles. The number of hydrogen-bond donors (Lipinski definition) is 0. The number of hydrogen-bond acceptors (Lipinski definition) is 1. The zero-order chi connectivity index (χ0) is 12.6. The maximum atomic E-state index is 9.40. The second kappa shape index (κ2) is 7.41. The lowest BCUT2D eigenvalue weighted by molar-refractivity contribution is 0.600. The molecule has 2 aliphatic carbocycles. The standard InChI is InChI=1S/C17H25N/c18-14-16-12-8-4-5-9-13-17(16)15-10-6-2-1-3-7-11-15/h10H,1-9,11-13H2. The molecule has 98 valence electrons. The van der Waals surface area contributed by atoms with Gasteiger partial charge in [0.2, 0.25) is 0 Å². The Bertz CT molecular complexity index is 368. The number of nitrogens with zero attached hydrogens (tertiary/aromatic N) is 1. The van der Waals surface area contributed by atoms with Crippen LogP contribution in [0.15, 0.2) is 22.8 Å². The largest absolute Gasteiger partial charge is 0.193 e. The zero-order valence-electron chi connectivity index (χ0n) is 11.5. The van der Waals surface area contributed by atoms with E-state index in [4.69, 9.17) is 0 Å². The lowest BCUT2D eigenvalue weighted by atomic mass is 9.86. The van der Waals surface area contributed by atoms with E-state index in [1.54, 1.807) is 0 Å². The molecule has 1 nitrogen and oxygen atoms in total. The molecule has 0 unspecified atom stereocenters. The normalized spacial score (nSPS) is 23.2. The van der Waals surface area contributed by atoms with E-state index in [2.05, 4.69) is 12.1 Å². The van der Waals surface area contributed by atoms with Crippen molar-refractivity contribution in [2.45, 2.75) is 77.0 Å². The van der Waals surface area contributed by atoms with Gasteiger partial charge in [-0.3, -0.25) is 0 Å². The molecule has 0 amide bonds. The highest BCUT2D eigenvalue weighted by atomic mass is 14.3. The number of allylic oxidation sites excluding steroid dienone is 4. The SMILES string of the molecule is N#CC1=C(C2=CCCCCCC2)CCCCCC1. The number of rotatable bonds is 1. The van der Waals surface area contributed by atoms with Gasteiger partial charge >= 0.3 is 0 Å². The van der Waals surface area contributed by atoms with Crippen LogP contribution in [0.25, 0.3) is 0 Å². The molecule has 18 heavy (non-hydrogen) atoms. The van der Waals surface area contributed by atoms with Crippen molar-refractivity contribution in [2.75, 3.05) is 0 Å². The summed E-state index contributed by atoms with van der Waals surface area (Å²) in [5.74, 6) is 0. The lowest BCUT2D eigenvalue weighted by Crippen LogP contribution is -2.01. The van der Waals surface area contributed by atoms with Crippen molar-refractivity contribution >= 4 is 0 Å². The highest BCUT2D eigenvalue weighted by molar-refractivity contribution is 5.41. The Hall–Kier alpha value is -1.03. The van der Waals surface area contributed by atoms with Crippen molar-refractivity contribution in [3.63, 3.8) is 0 Å². The summed E-state index contributed by atoms with van der Waals surface area (Å²) in [6.07, 6.45) is 17.6. The lowest BCUT2D eigenvalue weighted by Gasteiger charge is -2.19. The third-order valence-electron chi connectivity index (χ3n) is 4.28. The van der Waals surface area contributed by atoms with Gasteiger partial charge in [-0.15, -0.1) is 0 Å². The van der Waals surface area contributed by atoms with E-state index in [-0.39, 0.29) is 0 Å². The van der Waals surface area contributed by atoms with E-state index in [0.717, 1.165) is 18.4 Å². The maximum Gasteiger partial charge on any atom is 0.0950 e. The molecule has 2 aliphatic rings. The van der Waals surface area contributed by atoms with Crippen LogP contribution < -0.4 is 0 Å². The molecule has 0 heterocycles. The average Bonchev–Trinajstić information content (AvgIpc) is 2.30. The highest BCUT2D eigenvalue weighted by Gasteiger charge is 2.14. The molecule has 0 atom stereocenters. The molecule has 0 spiro atoms. The topological polar surface area (TPSA) is 23.8 Å². The van der Waals surface area contributed by atoms with Crippen LogP contribution in [0.2, 0.25) is 0 Å². The Balaban J connectivity index is 2.21. The van der Waals surface area contributed by atoms with Crippen LogP contribution in [0.4, 0.5) is 0 Å². The molecule has 0 saturated carbocycles. The summed E-state index contributed by atoms with van der Waals surface area (Å²) in [5.41, 5.74) is 4.05. The van der Waals surface area contributed by atoms with Gasteiger partial charge in [0.1, 0.15) is 0 Å². The molecule has 1 heteroatoms. The van der Waals surface area contributed by atoms with Gasteiger partial charge in [-0.2, -0.15) is 5.26 Å². The zero-order valence-corrected chi connectivity index (χ0v) is 11.5. The fourth-order valence-electron chi connectivity index (χ4n) is 3.20. The molecule has 0 radical (unpaired) electrons. The molecule has 0 fully saturated rings. The Kier molecular flexibility index (Phi) is 5.52. The first-order chi connectivity index (χ1) is 8.92. The van der Waals surface area contributed by atoms with Crippen LogP contribution >= 0.6 is 0 Å². The van der Waals surface area contributed by atoms with Crippen LogP contribution in [0.5, 0.6) is 0 Å². The van der Waals surface area contributed by atoms with E-state index < -0.39 is 0 Å². The molecule has 0 N–H and O–H groups in total. The van der Waals surface area contributed by atoms with Gasteiger partial charge in [-0.25, -0.2) is 0 Å². The summed E-state index contributed by atoms with van der Waals surface area (Å²) < 4.78 is 0. The minimum Gasteiger partial charge on any atom is -0.193 e. The molecule has 0 aliphatic heterocycles. The Morgan fingerprint density at radius 3 is 2.22 bits per heavy atom. The third kappa shape index (κ3) is 3.73. The summed E-state index contributed by atoms with van der Waals surface area (Å²) in [4.78, 5) is 0. The van der Waals surface area contributed by atoms with Crippen LogP contribution in [0.3, 0.4) is 0 Å². The van der Waals surface area contributed by atoms with Gasteiger partial charge in [0.05, 0.1) is 6.07 Å². The van der Waals surface area contributed by atoms with Crippen LogP contribution in [0, 0.1) is 11.3 Å². The molecule has 0 aromatic heterocycles. The molecule has 0 saturated heterocycles. The maximum absolute atomic E-state index is 9.40. The van der Waals surface area contributed by atoms with E-state index in [1.807, 2.05) is 0 Å². The Morgan fingerprint density at radius 1 is 0.778 bits per heavy atom. The van der Waals surface area contributed by atoms with Crippen molar-refractivity contribution in [1.82, 2.24) is 0 Å². The van der Waals surface area contributed by atoms with E-state index in [1.165, 1.54) is 75.4 Å². The van der Waals surface area contributed by atoms with Gasteiger partial charge in [-0.05, 0) is 62.5 Å². The van der Waals surface area contributed by atoms with Crippen molar-refractivity contribution in [3.8, 4) is 6.07 Å². The monoisotopic (exact) mass is 243 g/mol. The Labute approximate surface area is 112 Å². The predicted molar refractivity (Wildman–Crippen MR) is 76.1 cm³/mol. The van der Waals surface area contributed by atoms with Crippen molar-refractivity contribution in [2.24, 2.45) is 0 Å². The van der Waals surface area contributed by atoms with E-state index in [0.29, 0.717) is 0 Å². The third-order valence-corrected chi connectivity index (χ3v) is 4.28. The fraction of sp³-hybridized carbons (Fsp3) is 0.706. The van der Waals surface area contributed by atoms with Gasteiger partial charge in [0, 0.05) is 5.57 Å². The van der Waals surface area contributed by atoms with Gasteiger partial charge < -0.3 is 0 Å². The van der Waals surface area contributed by atoms with Crippen molar-refractivity contribution in [1.29, 1.82) is 5.26 Å². The molecule has 0 aromatic rings. The Morgan fingerprint density at radius 2 is 1.44 bits per heavy atom. The smallest absolute Gasteiger partial charge is 0.0950 e. The summed E-state index contributed by atoms with van der Waals surface area (Å²) in [5, 5.41) is 9.40. The van der Waals surface area contributed by atoms with E-state index in [9.17, 15) is 5.26 Å². The highest BCUT2D eigenvalue weighted by Crippen LogP contribution is 2.32. The minimum atomic E-state index is 1.02. The predicted octanol–water partition coefficient (Wildman–Crippen LogP) is 5.44. The van der Waals surface area contributed by atoms with Crippen LogP contribution in [-0.2, 0) is 0 Å². The summed E-state index contributed by atoms with van der Waals surface area (Å²) in [6.45, 7) is 0. The fourth-order valence-corrected chi connectivity index (χ4v) is 3.20. The summed E-state index contributed by atoms with van der Waals surface area (Å²) in [6, 6.07) is 2.49. The average molecular weight is 243 g/mol. The first-order valence-electron chi connectivity index (χ1n) is 7.73. The second-order valence-corrected chi connectivity index (χ2v) is 5.67. The minimum absolute atomic E-state index is 1.02. The van der Waals surface area contributed by atoms with Gasteiger partial charge in [0.25, 0.3) is 0 Å². The first-order valence-corrected chi connectivity index (χ1v) is 7.73. The molecule has 0 bridgehead atoms. The molecule has 2 rings (SSSR count). The summed E-state index contributed by atoms with van der Waals surface area (Å²) in [7, 11) is 0. The van der Waals surface area contributed by atoms with Gasteiger partial charge in [0.15, 0.2) is 0 Å². The summed E-state index contributed by atoms with van der Waals surface area (Å²) >= 11 is 0. The quantitative estimate of drug-likeness (QED) is 0.601. The van der Waals surface area contributed by atoms with Crippen LogP contribution in [-0.4, -0.2) is 0 Å². The number of nitriles is 1. The first kappa shape index (κ1) is 13.4. The van der Waals surface area contributed by atoms with Gasteiger partial charge in [-0.1, -0.05) is 31.8 Å². The second-order valence-electron chi connectivity index (χ2n) is 5.67. The van der Waals surface area contributed by atoms with Crippen molar-refractivity contribution in [3.05, 3.63) is 22.8 Å². The molecular weight excluding hydrogens is 218 g/mol. The van der Waals surface area contributed by atoms with E-state index >= 15 is 0 Å².